The van der Waals surface area contributed by atoms with Crippen LogP contribution >= 0.6 is 0 Å². The summed E-state index contributed by atoms with van der Waals surface area (Å²) in [7, 11) is 0. The fourth-order valence-corrected chi connectivity index (χ4v) is 2.66. The number of carbonyl (C=O) groups excluding carboxylic acids is 3. The fourth-order valence-electron chi connectivity index (χ4n) is 2.66. The topological polar surface area (TPSA) is 94.6 Å². The molecular formula is C19H22N2O5. The van der Waals surface area contributed by atoms with E-state index < -0.39 is 23.4 Å². The Bertz CT molecular complexity index is 800. The van der Waals surface area contributed by atoms with Gasteiger partial charge in [-0.3, -0.25) is 9.78 Å². The summed E-state index contributed by atoms with van der Waals surface area (Å²) in [6, 6.07) is 11.0. The van der Waals surface area contributed by atoms with Crippen molar-refractivity contribution in [3.8, 4) is 0 Å². The van der Waals surface area contributed by atoms with Crippen LogP contribution in [0.2, 0.25) is 0 Å². The lowest BCUT2D eigenvalue weighted by Gasteiger charge is -2.29. The zero-order chi connectivity index (χ0) is 19.2. The molecule has 1 amide bonds. The third kappa shape index (κ3) is 4.17. The van der Waals surface area contributed by atoms with Gasteiger partial charge in [0.15, 0.2) is 0 Å². The molecular weight excluding hydrogens is 336 g/mol. The van der Waals surface area contributed by atoms with Gasteiger partial charge < -0.3 is 14.8 Å². The lowest BCUT2D eigenvalue weighted by Crippen LogP contribution is -2.62. The normalized spacial score (nSPS) is 11.0. The maximum absolute atomic E-state index is 12.6. The fraction of sp³-hybridized carbons (Fsp3) is 0.368. The average molecular weight is 358 g/mol. The number of esters is 2. The molecule has 0 saturated heterocycles. The van der Waals surface area contributed by atoms with Crippen molar-refractivity contribution < 1.29 is 23.9 Å². The molecule has 0 radical (unpaired) electrons. The van der Waals surface area contributed by atoms with Crippen molar-refractivity contribution in [3.63, 3.8) is 0 Å². The number of fused-ring (bicyclic) bond motifs is 1. The molecule has 138 valence electrons. The first-order chi connectivity index (χ1) is 12.4. The Balaban J connectivity index is 2.49. The molecule has 2 rings (SSSR count). The van der Waals surface area contributed by atoms with Gasteiger partial charge in [0.2, 0.25) is 11.4 Å². The van der Waals surface area contributed by atoms with E-state index in [2.05, 4.69) is 10.3 Å². The summed E-state index contributed by atoms with van der Waals surface area (Å²) in [5, 5.41) is 3.36. The van der Waals surface area contributed by atoms with Gasteiger partial charge in [-0.2, -0.15) is 0 Å². The van der Waals surface area contributed by atoms with E-state index in [0.717, 1.165) is 10.9 Å². The van der Waals surface area contributed by atoms with E-state index in [-0.39, 0.29) is 19.6 Å². The van der Waals surface area contributed by atoms with Gasteiger partial charge >= 0.3 is 11.9 Å². The van der Waals surface area contributed by atoms with Crippen LogP contribution < -0.4 is 5.32 Å². The number of pyridine rings is 1. The Hall–Kier alpha value is -2.96. The monoisotopic (exact) mass is 358 g/mol. The summed E-state index contributed by atoms with van der Waals surface area (Å²) < 4.78 is 10.1. The first kappa shape index (κ1) is 19.4. The lowest BCUT2D eigenvalue weighted by atomic mass is 9.92. The quantitative estimate of drug-likeness (QED) is 0.599. The van der Waals surface area contributed by atoms with Gasteiger partial charge in [0.25, 0.3) is 0 Å². The number of para-hydroxylation sites is 1. The molecule has 7 nitrogen and oxygen atoms in total. The Kier molecular flexibility index (Phi) is 6.27. The van der Waals surface area contributed by atoms with Crippen LogP contribution in [0.15, 0.2) is 36.4 Å². The minimum absolute atomic E-state index is 0.0602. The summed E-state index contributed by atoms with van der Waals surface area (Å²) in [4.78, 5) is 41.5. The van der Waals surface area contributed by atoms with Crippen molar-refractivity contribution in [2.24, 2.45) is 0 Å². The second-order valence-electron chi connectivity index (χ2n) is 5.70. The molecule has 2 aromatic rings. The molecule has 0 spiro atoms. The third-order valence-corrected chi connectivity index (χ3v) is 3.74. The number of hydrogen-bond acceptors (Lipinski definition) is 6. The zero-order valence-electron chi connectivity index (χ0n) is 15.1. The largest absolute Gasteiger partial charge is 0.464 e. The summed E-state index contributed by atoms with van der Waals surface area (Å²) in [6.07, 6.45) is -0.172. The maximum Gasteiger partial charge on any atom is 0.344 e. The lowest BCUT2D eigenvalue weighted by molar-refractivity contribution is -0.168. The predicted molar refractivity (Wildman–Crippen MR) is 95.3 cm³/mol. The van der Waals surface area contributed by atoms with Crippen molar-refractivity contribution in [1.82, 2.24) is 10.3 Å². The van der Waals surface area contributed by atoms with Crippen molar-refractivity contribution >= 4 is 28.7 Å². The van der Waals surface area contributed by atoms with Crippen LogP contribution in [0.5, 0.6) is 0 Å². The van der Waals surface area contributed by atoms with Crippen LogP contribution in [-0.4, -0.2) is 41.6 Å². The van der Waals surface area contributed by atoms with Gasteiger partial charge in [0.1, 0.15) is 0 Å². The number of hydrogen-bond donors (Lipinski definition) is 1. The van der Waals surface area contributed by atoms with E-state index in [4.69, 9.17) is 9.47 Å². The second-order valence-corrected chi connectivity index (χ2v) is 5.70. The van der Waals surface area contributed by atoms with Gasteiger partial charge in [-0.25, -0.2) is 9.59 Å². The summed E-state index contributed by atoms with van der Waals surface area (Å²) in [5.41, 5.74) is -0.805. The number of rotatable bonds is 7. The van der Waals surface area contributed by atoms with E-state index in [9.17, 15) is 14.4 Å². The van der Waals surface area contributed by atoms with Crippen LogP contribution in [0.1, 0.15) is 26.5 Å². The molecule has 0 bridgehead atoms. The highest BCUT2D eigenvalue weighted by Crippen LogP contribution is 2.20. The Morgan fingerprint density at radius 1 is 1.00 bits per heavy atom. The smallest absolute Gasteiger partial charge is 0.344 e. The first-order valence-corrected chi connectivity index (χ1v) is 8.40. The highest BCUT2D eigenvalue weighted by molar-refractivity contribution is 6.08. The molecule has 26 heavy (non-hydrogen) atoms. The third-order valence-electron chi connectivity index (χ3n) is 3.74. The highest BCUT2D eigenvalue weighted by Gasteiger charge is 2.50. The Morgan fingerprint density at radius 3 is 2.19 bits per heavy atom. The van der Waals surface area contributed by atoms with Gasteiger partial charge in [-0.05, 0) is 26.0 Å². The van der Waals surface area contributed by atoms with E-state index in [1.807, 2.05) is 30.3 Å². The number of amides is 1. The number of benzene rings is 1. The summed E-state index contributed by atoms with van der Waals surface area (Å²) >= 11 is 0. The van der Waals surface area contributed by atoms with Gasteiger partial charge in [0, 0.05) is 24.4 Å². The number of aromatic nitrogens is 1. The van der Waals surface area contributed by atoms with E-state index in [0.29, 0.717) is 5.69 Å². The Morgan fingerprint density at radius 2 is 1.62 bits per heavy atom. The first-order valence-electron chi connectivity index (χ1n) is 8.40. The van der Waals surface area contributed by atoms with Gasteiger partial charge in [-0.15, -0.1) is 0 Å². The minimum Gasteiger partial charge on any atom is -0.464 e. The van der Waals surface area contributed by atoms with Crippen molar-refractivity contribution in [2.75, 3.05) is 13.2 Å². The molecule has 0 aliphatic heterocycles. The van der Waals surface area contributed by atoms with E-state index in [1.54, 1.807) is 19.9 Å². The van der Waals surface area contributed by atoms with Crippen LogP contribution in [0.4, 0.5) is 0 Å². The second kappa shape index (κ2) is 8.42. The standard InChI is InChI=1S/C19H22N2O5/c1-4-25-17(23)19(21-13(3)22,18(24)26-5-2)12-15-11-10-14-8-6-7-9-16(14)20-15/h6-11H,4-5,12H2,1-3H3,(H,21,22). The summed E-state index contributed by atoms with van der Waals surface area (Å²) in [6.45, 7) is 4.59. The average Bonchev–Trinajstić information content (AvgIpc) is 2.61. The minimum atomic E-state index is -1.98. The Labute approximate surface area is 151 Å². The van der Waals surface area contributed by atoms with Crippen LogP contribution in [0.25, 0.3) is 10.9 Å². The molecule has 0 aliphatic carbocycles. The highest BCUT2D eigenvalue weighted by atomic mass is 16.6. The van der Waals surface area contributed by atoms with Crippen LogP contribution in [0.3, 0.4) is 0 Å². The van der Waals surface area contributed by atoms with Gasteiger partial charge in [-0.1, -0.05) is 24.3 Å². The zero-order valence-corrected chi connectivity index (χ0v) is 15.1. The number of nitrogens with zero attached hydrogens (tertiary/aromatic N) is 1. The van der Waals surface area contributed by atoms with Crippen molar-refractivity contribution in [2.45, 2.75) is 32.7 Å². The maximum atomic E-state index is 12.6. The molecule has 1 aromatic heterocycles. The molecule has 0 atom stereocenters. The number of ether oxygens (including phenoxy) is 2. The molecule has 1 N–H and O–H groups in total. The van der Waals surface area contributed by atoms with E-state index in [1.165, 1.54) is 6.92 Å². The molecule has 1 aromatic carbocycles. The molecule has 0 unspecified atom stereocenters. The molecule has 0 aliphatic rings. The molecule has 1 heterocycles. The molecule has 0 fully saturated rings. The van der Waals surface area contributed by atoms with Crippen molar-refractivity contribution in [3.05, 3.63) is 42.1 Å². The van der Waals surface area contributed by atoms with Crippen molar-refractivity contribution in [1.29, 1.82) is 0 Å². The van der Waals surface area contributed by atoms with Crippen LogP contribution in [0, 0.1) is 0 Å². The van der Waals surface area contributed by atoms with E-state index >= 15 is 0 Å². The molecule has 7 heteroatoms. The predicted octanol–water partition coefficient (Wildman–Crippen LogP) is 1.78. The number of nitrogens with one attached hydrogen (secondary N) is 1. The SMILES string of the molecule is CCOC(=O)C(Cc1ccc2ccccc2n1)(NC(C)=O)C(=O)OCC. The van der Waals surface area contributed by atoms with Gasteiger partial charge in [0.05, 0.1) is 18.7 Å². The molecule has 0 saturated carbocycles. The number of carbonyl (C=O) groups is 3. The summed E-state index contributed by atoms with van der Waals surface area (Å²) in [5.74, 6) is -2.29. The van der Waals surface area contributed by atoms with Crippen LogP contribution in [-0.2, 0) is 30.3 Å².